The van der Waals surface area contributed by atoms with Gasteiger partial charge in [-0.1, -0.05) is 13.8 Å². The van der Waals surface area contributed by atoms with Gasteiger partial charge in [0.05, 0.1) is 0 Å². The van der Waals surface area contributed by atoms with Crippen molar-refractivity contribution >= 4 is 5.91 Å². The molecule has 4 heteroatoms. The molecule has 0 aromatic carbocycles. The fourth-order valence-electron chi connectivity index (χ4n) is 1.36. The second kappa shape index (κ2) is 7.65. The number of hydrogen-bond acceptors (Lipinski definition) is 3. The maximum atomic E-state index is 11.7. The molecule has 0 saturated carbocycles. The monoisotopic (exact) mass is 215 g/mol. The molecule has 0 aromatic rings. The molecule has 0 heterocycles. The first-order chi connectivity index (χ1) is 6.97. The zero-order valence-corrected chi connectivity index (χ0v) is 10.5. The fourth-order valence-corrected chi connectivity index (χ4v) is 1.36. The Balaban J connectivity index is 4.11. The average molecular weight is 215 g/mol. The Morgan fingerprint density at radius 2 is 1.87 bits per heavy atom. The number of carbonyl (C=O) groups excluding carboxylic acids is 1. The standard InChI is InChI=1S/C11H25N3O/c1-10(2)9-14(8-7-13(3)4)11(15)5-6-12/h10H,5-9,12H2,1-4H3. The van der Waals surface area contributed by atoms with Crippen molar-refractivity contribution in [2.45, 2.75) is 20.3 Å². The van der Waals surface area contributed by atoms with Crippen LogP contribution in [-0.2, 0) is 4.79 Å². The molecule has 0 rings (SSSR count). The number of amides is 1. The van der Waals surface area contributed by atoms with Crippen LogP contribution in [0.1, 0.15) is 20.3 Å². The molecule has 0 radical (unpaired) electrons. The summed E-state index contributed by atoms with van der Waals surface area (Å²) in [6.45, 7) is 7.21. The fraction of sp³-hybridized carbons (Fsp3) is 0.909. The van der Waals surface area contributed by atoms with Crippen molar-refractivity contribution in [1.82, 2.24) is 9.80 Å². The van der Waals surface area contributed by atoms with Gasteiger partial charge in [0.1, 0.15) is 0 Å². The van der Waals surface area contributed by atoms with Crippen LogP contribution in [0, 0.1) is 5.92 Å². The molecular weight excluding hydrogens is 190 g/mol. The Bertz CT molecular complexity index is 181. The second-order valence-corrected chi connectivity index (χ2v) is 4.58. The molecule has 0 bridgehead atoms. The Kier molecular flexibility index (Phi) is 7.34. The lowest BCUT2D eigenvalue weighted by atomic mass is 10.2. The highest BCUT2D eigenvalue weighted by Gasteiger charge is 2.13. The van der Waals surface area contributed by atoms with Crippen molar-refractivity contribution < 1.29 is 4.79 Å². The Morgan fingerprint density at radius 1 is 1.27 bits per heavy atom. The molecule has 0 aliphatic rings. The number of hydrogen-bond donors (Lipinski definition) is 1. The van der Waals surface area contributed by atoms with E-state index < -0.39 is 0 Å². The molecule has 0 aliphatic carbocycles. The van der Waals surface area contributed by atoms with Crippen LogP contribution in [0.2, 0.25) is 0 Å². The normalized spacial score (nSPS) is 11.1. The van der Waals surface area contributed by atoms with E-state index in [1.807, 2.05) is 19.0 Å². The van der Waals surface area contributed by atoms with E-state index in [9.17, 15) is 4.79 Å². The minimum atomic E-state index is 0.174. The third kappa shape index (κ3) is 7.33. The average Bonchev–Trinajstić information content (AvgIpc) is 2.11. The first-order valence-corrected chi connectivity index (χ1v) is 5.60. The number of nitrogens with two attached hydrogens (primary N) is 1. The van der Waals surface area contributed by atoms with Gasteiger partial charge in [-0.2, -0.15) is 0 Å². The lowest BCUT2D eigenvalue weighted by Crippen LogP contribution is -2.39. The summed E-state index contributed by atoms with van der Waals surface area (Å²) in [6.07, 6.45) is 0.458. The molecule has 0 aliphatic heterocycles. The van der Waals surface area contributed by atoms with Crippen LogP contribution in [0.3, 0.4) is 0 Å². The lowest BCUT2D eigenvalue weighted by molar-refractivity contribution is -0.131. The molecule has 0 unspecified atom stereocenters. The largest absolute Gasteiger partial charge is 0.341 e. The van der Waals surface area contributed by atoms with Crippen LogP contribution in [0.25, 0.3) is 0 Å². The van der Waals surface area contributed by atoms with Crippen molar-refractivity contribution in [1.29, 1.82) is 0 Å². The second-order valence-electron chi connectivity index (χ2n) is 4.58. The van der Waals surface area contributed by atoms with Crippen molar-refractivity contribution in [3.8, 4) is 0 Å². The molecule has 90 valence electrons. The van der Waals surface area contributed by atoms with Crippen molar-refractivity contribution in [3.63, 3.8) is 0 Å². The van der Waals surface area contributed by atoms with Gasteiger partial charge in [-0.3, -0.25) is 4.79 Å². The highest BCUT2D eigenvalue weighted by Crippen LogP contribution is 2.01. The summed E-state index contributed by atoms with van der Waals surface area (Å²) >= 11 is 0. The van der Waals surface area contributed by atoms with Crippen LogP contribution >= 0.6 is 0 Å². The first kappa shape index (κ1) is 14.4. The SMILES string of the molecule is CC(C)CN(CCN(C)C)C(=O)CCN. The number of rotatable bonds is 7. The molecule has 0 spiro atoms. The highest BCUT2D eigenvalue weighted by atomic mass is 16.2. The number of likely N-dealkylation sites (N-methyl/N-ethyl adjacent to an activating group) is 1. The van der Waals surface area contributed by atoms with E-state index >= 15 is 0 Å². The minimum Gasteiger partial charge on any atom is -0.341 e. The number of nitrogens with zero attached hydrogens (tertiary/aromatic N) is 2. The van der Waals surface area contributed by atoms with Crippen LogP contribution < -0.4 is 5.73 Å². The summed E-state index contributed by atoms with van der Waals surface area (Å²) in [7, 11) is 4.03. The van der Waals surface area contributed by atoms with Gasteiger partial charge >= 0.3 is 0 Å². The van der Waals surface area contributed by atoms with E-state index in [-0.39, 0.29) is 5.91 Å². The van der Waals surface area contributed by atoms with E-state index in [4.69, 9.17) is 5.73 Å². The van der Waals surface area contributed by atoms with Gasteiger partial charge in [-0.15, -0.1) is 0 Å². The molecule has 0 saturated heterocycles. The quantitative estimate of drug-likeness (QED) is 0.668. The van der Waals surface area contributed by atoms with E-state index in [1.165, 1.54) is 0 Å². The van der Waals surface area contributed by atoms with Gasteiger partial charge in [0.15, 0.2) is 0 Å². The third-order valence-electron chi connectivity index (χ3n) is 2.11. The van der Waals surface area contributed by atoms with E-state index in [0.29, 0.717) is 18.9 Å². The summed E-state index contributed by atoms with van der Waals surface area (Å²) in [6, 6.07) is 0. The molecule has 0 aromatic heterocycles. The van der Waals surface area contributed by atoms with Gasteiger partial charge < -0.3 is 15.5 Å². The Morgan fingerprint density at radius 3 is 2.27 bits per heavy atom. The highest BCUT2D eigenvalue weighted by molar-refractivity contribution is 5.76. The minimum absolute atomic E-state index is 0.174. The van der Waals surface area contributed by atoms with E-state index in [0.717, 1.165) is 19.6 Å². The van der Waals surface area contributed by atoms with Gasteiger partial charge in [0.25, 0.3) is 0 Å². The summed E-state index contributed by atoms with van der Waals surface area (Å²) in [5.41, 5.74) is 5.40. The van der Waals surface area contributed by atoms with Crippen LogP contribution in [0.15, 0.2) is 0 Å². The molecule has 0 fully saturated rings. The van der Waals surface area contributed by atoms with Crippen molar-refractivity contribution in [2.24, 2.45) is 11.7 Å². The maximum absolute atomic E-state index is 11.7. The Hall–Kier alpha value is -0.610. The van der Waals surface area contributed by atoms with Crippen molar-refractivity contribution in [2.75, 3.05) is 40.3 Å². The summed E-state index contributed by atoms with van der Waals surface area (Å²) in [5, 5.41) is 0. The van der Waals surface area contributed by atoms with Crippen molar-refractivity contribution in [3.05, 3.63) is 0 Å². The Labute approximate surface area is 93.4 Å². The van der Waals surface area contributed by atoms with Gasteiger partial charge in [0, 0.05) is 32.6 Å². The smallest absolute Gasteiger partial charge is 0.223 e. The predicted molar refractivity (Wildman–Crippen MR) is 63.6 cm³/mol. The lowest BCUT2D eigenvalue weighted by Gasteiger charge is -2.26. The zero-order chi connectivity index (χ0) is 11.8. The molecule has 0 atom stereocenters. The topological polar surface area (TPSA) is 49.6 Å². The molecular formula is C11H25N3O. The zero-order valence-electron chi connectivity index (χ0n) is 10.5. The van der Waals surface area contributed by atoms with Gasteiger partial charge in [-0.25, -0.2) is 0 Å². The molecule has 4 nitrogen and oxygen atoms in total. The van der Waals surface area contributed by atoms with Gasteiger partial charge in [-0.05, 0) is 20.0 Å². The number of carbonyl (C=O) groups is 1. The van der Waals surface area contributed by atoms with Crippen LogP contribution in [0.4, 0.5) is 0 Å². The van der Waals surface area contributed by atoms with E-state index in [2.05, 4.69) is 18.7 Å². The molecule has 15 heavy (non-hydrogen) atoms. The van der Waals surface area contributed by atoms with Crippen LogP contribution in [-0.4, -0.2) is 56.0 Å². The summed E-state index contributed by atoms with van der Waals surface area (Å²) in [4.78, 5) is 15.7. The molecule has 2 N–H and O–H groups in total. The molecule has 1 amide bonds. The summed E-state index contributed by atoms with van der Waals surface area (Å²) in [5.74, 6) is 0.682. The van der Waals surface area contributed by atoms with Crippen LogP contribution in [0.5, 0.6) is 0 Å². The predicted octanol–water partition coefficient (Wildman–Crippen LogP) is 0.381. The maximum Gasteiger partial charge on any atom is 0.223 e. The summed E-state index contributed by atoms with van der Waals surface area (Å²) < 4.78 is 0. The van der Waals surface area contributed by atoms with Gasteiger partial charge in [0.2, 0.25) is 5.91 Å². The van der Waals surface area contributed by atoms with E-state index in [1.54, 1.807) is 0 Å². The first-order valence-electron chi connectivity index (χ1n) is 5.60. The third-order valence-corrected chi connectivity index (χ3v) is 2.11.